The minimum atomic E-state index is -0.555. The third-order valence-electron chi connectivity index (χ3n) is 1.63. The first-order chi connectivity index (χ1) is 7.29. The maximum Gasteiger partial charge on any atom is 0.330 e. The fourth-order valence-electron chi connectivity index (χ4n) is 1.04. The van der Waals surface area contributed by atoms with Crippen LogP contribution in [0.5, 0.6) is 0 Å². The van der Waals surface area contributed by atoms with Crippen molar-refractivity contribution in [3.63, 3.8) is 0 Å². The quantitative estimate of drug-likeness (QED) is 0.598. The Balaban J connectivity index is 2.70. The highest BCUT2D eigenvalue weighted by atomic mass is 32.1. The Morgan fingerprint density at radius 2 is 2.67 bits per heavy atom. The molecule has 1 rings (SSSR count). The Morgan fingerprint density at radius 1 is 1.87 bits per heavy atom. The lowest BCUT2D eigenvalue weighted by Gasteiger charge is -2.12. The fourth-order valence-corrected chi connectivity index (χ4v) is 1.73. The van der Waals surface area contributed by atoms with Gasteiger partial charge in [-0.1, -0.05) is 5.92 Å². The van der Waals surface area contributed by atoms with Crippen LogP contribution in [-0.2, 0) is 9.53 Å². The summed E-state index contributed by atoms with van der Waals surface area (Å²) in [5.41, 5.74) is 0. The minimum absolute atomic E-state index is 0.309. The number of nitrogens with one attached hydrogen (secondary N) is 1. The highest BCUT2D eigenvalue weighted by molar-refractivity contribution is 7.09. The van der Waals surface area contributed by atoms with Crippen molar-refractivity contribution in [2.24, 2.45) is 0 Å². The molecule has 0 aromatic carbocycles. The van der Waals surface area contributed by atoms with Crippen LogP contribution in [0.1, 0.15) is 18.0 Å². The number of aromatic nitrogens is 1. The van der Waals surface area contributed by atoms with Crippen molar-refractivity contribution in [2.45, 2.75) is 13.0 Å². The molecule has 80 valence electrons. The molecule has 1 aromatic rings. The van der Waals surface area contributed by atoms with Crippen LogP contribution in [0.25, 0.3) is 0 Å². The molecule has 5 heteroatoms. The summed E-state index contributed by atoms with van der Waals surface area (Å²) in [5.74, 6) is 2.07. The van der Waals surface area contributed by atoms with Gasteiger partial charge in [-0.05, 0) is 6.92 Å². The molecule has 0 saturated heterocycles. The number of hydrogen-bond acceptors (Lipinski definition) is 5. The molecule has 0 fully saturated rings. The van der Waals surface area contributed by atoms with Crippen LogP contribution in [0, 0.1) is 12.3 Å². The third kappa shape index (κ3) is 3.35. The predicted molar refractivity (Wildman–Crippen MR) is 58.3 cm³/mol. The monoisotopic (exact) mass is 224 g/mol. The molecule has 0 aliphatic rings. The zero-order valence-electron chi connectivity index (χ0n) is 8.40. The Hall–Kier alpha value is -1.38. The van der Waals surface area contributed by atoms with Crippen LogP contribution in [0.2, 0.25) is 0 Å². The number of terminal acetylenes is 1. The van der Waals surface area contributed by atoms with E-state index in [-0.39, 0.29) is 5.97 Å². The SMILES string of the molecule is C#CCNC(C(=O)OCC)c1nccs1. The van der Waals surface area contributed by atoms with Crippen LogP contribution in [0.4, 0.5) is 0 Å². The van der Waals surface area contributed by atoms with E-state index in [0.29, 0.717) is 18.2 Å². The number of rotatable bonds is 5. The van der Waals surface area contributed by atoms with E-state index >= 15 is 0 Å². The number of esters is 1. The molecule has 0 amide bonds. The highest BCUT2D eigenvalue weighted by Crippen LogP contribution is 2.16. The number of carbonyl (C=O) groups excluding carboxylic acids is 1. The van der Waals surface area contributed by atoms with Crippen LogP contribution in [0.3, 0.4) is 0 Å². The highest BCUT2D eigenvalue weighted by Gasteiger charge is 2.23. The van der Waals surface area contributed by atoms with Gasteiger partial charge in [0.25, 0.3) is 0 Å². The van der Waals surface area contributed by atoms with E-state index in [1.807, 2.05) is 0 Å². The normalized spacial score (nSPS) is 11.7. The largest absolute Gasteiger partial charge is 0.465 e. The summed E-state index contributed by atoms with van der Waals surface area (Å²) >= 11 is 1.39. The van der Waals surface area contributed by atoms with Gasteiger partial charge in [0, 0.05) is 11.6 Å². The van der Waals surface area contributed by atoms with Gasteiger partial charge in [0.05, 0.1) is 13.2 Å². The Kier molecular flexibility index (Phi) is 4.81. The molecule has 1 N–H and O–H groups in total. The van der Waals surface area contributed by atoms with Crippen molar-refractivity contribution < 1.29 is 9.53 Å². The molecule has 0 saturated carbocycles. The topological polar surface area (TPSA) is 51.2 Å². The van der Waals surface area contributed by atoms with Crippen molar-refractivity contribution in [1.82, 2.24) is 10.3 Å². The van der Waals surface area contributed by atoms with Crippen LogP contribution in [-0.4, -0.2) is 24.1 Å². The molecule has 0 bridgehead atoms. The summed E-state index contributed by atoms with van der Waals surface area (Å²) in [6.45, 7) is 2.42. The van der Waals surface area contributed by atoms with Gasteiger partial charge < -0.3 is 4.74 Å². The lowest BCUT2D eigenvalue weighted by atomic mass is 10.3. The molecule has 4 nitrogen and oxygen atoms in total. The van der Waals surface area contributed by atoms with E-state index in [0.717, 1.165) is 0 Å². The average molecular weight is 224 g/mol. The zero-order valence-corrected chi connectivity index (χ0v) is 9.21. The molecule has 1 atom stereocenters. The fraction of sp³-hybridized carbons (Fsp3) is 0.400. The van der Waals surface area contributed by atoms with Gasteiger partial charge in [-0.25, -0.2) is 9.78 Å². The van der Waals surface area contributed by atoms with Gasteiger partial charge in [0.2, 0.25) is 0 Å². The third-order valence-corrected chi connectivity index (χ3v) is 2.47. The molecule has 1 heterocycles. The molecule has 15 heavy (non-hydrogen) atoms. The predicted octanol–water partition coefficient (Wildman–Crippen LogP) is 0.970. The number of ether oxygens (including phenoxy) is 1. The minimum Gasteiger partial charge on any atom is -0.465 e. The van der Waals surface area contributed by atoms with Crippen molar-refractivity contribution >= 4 is 17.3 Å². The number of nitrogens with zero attached hydrogens (tertiary/aromatic N) is 1. The van der Waals surface area contributed by atoms with Crippen LogP contribution < -0.4 is 5.32 Å². The van der Waals surface area contributed by atoms with Crippen LogP contribution in [0.15, 0.2) is 11.6 Å². The van der Waals surface area contributed by atoms with Gasteiger partial charge in [-0.3, -0.25) is 5.32 Å². The van der Waals surface area contributed by atoms with E-state index < -0.39 is 6.04 Å². The van der Waals surface area contributed by atoms with E-state index in [2.05, 4.69) is 16.2 Å². The molecule has 0 spiro atoms. The second kappa shape index (κ2) is 6.17. The molecular weight excluding hydrogens is 212 g/mol. The van der Waals surface area contributed by atoms with Gasteiger partial charge in [-0.15, -0.1) is 17.8 Å². The molecule has 0 radical (unpaired) electrons. The van der Waals surface area contributed by atoms with Crippen molar-refractivity contribution in [3.05, 3.63) is 16.6 Å². The molecule has 1 unspecified atom stereocenters. The summed E-state index contributed by atoms with van der Waals surface area (Å²) in [5, 5.41) is 5.37. The smallest absolute Gasteiger partial charge is 0.330 e. The second-order valence-electron chi connectivity index (χ2n) is 2.64. The summed E-state index contributed by atoms with van der Waals surface area (Å²) < 4.78 is 4.92. The first-order valence-electron chi connectivity index (χ1n) is 4.52. The van der Waals surface area contributed by atoms with E-state index in [9.17, 15) is 4.79 Å². The summed E-state index contributed by atoms with van der Waals surface area (Å²) in [7, 11) is 0. The Morgan fingerprint density at radius 3 is 3.20 bits per heavy atom. The molecule has 1 aromatic heterocycles. The van der Waals surface area contributed by atoms with Crippen molar-refractivity contribution in [1.29, 1.82) is 0 Å². The zero-order chi connectivity index (χ0) is 11.1. The van der Waals surface area contributed by atoms with E-state index in [1.165, 1.54) is 11.3 Å². The van der Waals surface area contributed by atoms with Gasteiger partial charge in [0.1, 0.15) is 5.01 Å². The lowest BCUT2D eigenvalue weighted by Crippen LogP contribution is -2.30. The Labute approximate surface area is 92.7 Å². The van der Waals surface area contributed by atoms with Crippen LogP contribution >= 0.6 is 11.3 Å². The van der Waals surface area contributed by atoms with E-state index in [1.54, 1.807) is 18.5 Å². The summed E-state index contributed by atoms with van der Waals surface area (Å²) in [6, 6.07) is -0.555. The molecule has 0 aliphatic heterocycles. The number of thiazole rings is 1. The number of carbonyl (C=O) groups is 1. The van der Waals surface area contributed by atoms with E-state index in [4.69, 9.17) is 11.2 Å². The molecular formula is C10H12N2O2S. The maximum atomic E-state index is 11.6. The van der Waals surface area contributed by atoms with Crippen molar-refractivity contribution in [2.75, 3.05) is 13.2 Å². The maximum absolute atomic E-state index is 11.6. The first kappa shape index (κ1) is 11.7. The van der Waals surface area contributed by atoms with Crippen molar-refractivity contribution in [3.8, 4) is 12.3 Å². The number of hydrogen-bond donors (Lipinski definition) is 1. The molecule has 0 aliphatic carbocycles. The second-order valence-corrected chi connectivity index (χ2v) is 3.57. The average Bonchev–Trinajstić information content (AvgIpc) is 2.72. The van der Waals surface area contributed by atoms with Gasteiger partial charge >= 0.3 is 5.97 Å². The van der Waals surface area contributed by atoms with Gasteiger partial charge in [0.15, 0.2) is 6.04 Å². The summed E-state index contributed by atoms with van der Waals surface area (Å²) in [4.78, 5) is 15.6. The first-order valence-corrected chi connectivity index (χ1v) is 5.40. The standard InChI is InChI=1S/C10H12N2O2S/c1-3-5-11-8(10(13)14-4-2)9-12-6-7-15-9/h1,6-8,11H,4-5H2,2H3. The van der Waals surface area contributed by atoms with Gasteiger partial charge in [-0.2, -0.15) is 0 Å². The Bertz CT molecular complexity index is 343. The lowest BCUT2D eigenvalue weighted by molar-refractivity contribution is -0.145. The summed E-state index contributed by atoms with van der Waals surface area (Å²) in [6.07, 6.45) is 6.77.